The van der Waals surface area contributed by atoms with Gasteiger partial charge in [-0.15, -0.1) is 0 Å². The van der Waals surface area contributed by atoms with Crippen molar-refractivity contribution in [3.05, 3.63) is 47.2 Å². The fourth-order valence-electron chi connectivity index (χ4n) is 5.43. The minimum atomic E-state index is -0.612. The number of esters is 1. The van der Waals surface area contributed by atoms with Gasteiger partial charge in [0.2, 0.25) is 5.91 Å². The molecule has 0 unspecified atom stereocenters. The Morgan fingerprint density at radius 1 is 1.09 bits per heavy atom. The van der Waals surface area contributed by atoms with E-state index in [-0.39, 0.29) is 18.5 Å². The highest BCUT2D eigenvalue weighted by Crippen LogP contribution is 2.33. The number of primary amides is 1. The van der Waals surface area contributed by atoms with Crippen LogP contribution in [0.3, 0.4) is 0 Å². The SMILES string of the molecule is CCOC(=O)C1=C(CN2CCC(C(N)=O)(N3CCCCC3)CC2)NC(=O)N[C@H]1c1ccccc1. The summed E-state index contributed by atoms with van der Waals surface area (Å²) in [4.78, 5) is 42.5. The molecule has 1 atom stereocenters. The number of hydrogen-bond donors (Lipinski definition) is 3. The molecule has 4 rings (SSSR count). The zero-order chi connectivity index (χ0) is 24.1. The minimum Gasteiger partial charge on any atom is -0.463 e. The first-order chi connectivity index (χ1) is 16.4. The summed E-state index contributed by atoms with van der Waals surface area (Å²) >= 11 is 0. The van der Waals surface area contributed by atoms with Crippen LogP contribution in [0.2, 0.25) is 0 Å². The molecule has 34 heavy (non-hydrogen) atoms. The molecule has 3 amide bonds. The largest absolute Gasteiger partial charge is 0.463 e. The van der Waals surface area contributed by atoms with Gasteiger partial charge in [0.05, 0.1) is 18.2 Å². The molecule has 3 heterocycles. The lowest BCUT2D eigenvalue weighted by Gasteiger charge is -2.48. The number of likely N-dealkylation sites (tertiary alicyclic amines) is 2. The number of piperidine rings is 2. The summed E-state index contributed by atoms with van der Waals surface area (Å²) in [6, 6.07) is 8.46. The molecule has 0 aliphatic carbocycles. The lowest BCUT2D eigenvalue weighted by atomic mass is 9.83. The second-order valence-corrected chi connectivity index (χ2v) is 9.27. The van der Waals surface area contributed by atoms with Crippen molar-refractivity contribution in [3.63, 3.8) is 0 Å². The van der Waals surface area contributed by atoms with Crippen molar-refractivity contribution in [2.75, 3.05) is 39.3 Å². The molecule has 4 N–H and O–H groups in total. The lowest BCUT2D eigenvalue weighted by molar-refractivity contribution is -0.139. The average Bonchev–Trinajstić information content (AvgIpc) is 2.85. The lowest BCUT2D eigenvalue weighted by Crippen LogP contribution is -2.63. The van der Waals surface area contributed by atoms with E-state index in [2.05, 4.69) is 20.4 Å². The second kappa shape index (κ2) is 10.6. The van der Waals surface area contributed by atoms with Crippen LogP contribution in [-0.4, -0.2) is 72.6 Å². The average molecular weight is 470 g/mol. The Morgan fingerprint density at radius 2 is 1.76 bits per heavy atom. The van der Waals surface area contributed by atoms with Crippen LogP contribution in [0.1, 0.15) is 50.6 Å². The first kappa shape index (κ1) is 24.2. The van der Waals surface area contributed by atoms with Gasteiger partial charge < -0.3 is 21.1 Å². The van der Waals surface area contributed by atoms with Crippen LogP contribution >= 0.6 is 0 Å². The summed E-state index contributed by atoms with van der Waals surface area (Å²) in [5.74, 6) is -0.699. The minimum absolute atomic E-state index is 0.242. The summed E-state index contributed by atoms with van der Waals surface area (Å²) in [6.45, 7) is 5.50. The molecule has 0 spiro atoms. The monoisotopic (exact) mass is 469 g/mol. The zero-order valence-corrected chi connectivity index (χ0v) is 19.8. The Balaban J connectivity index is 1.56. The molecule has 0 aromatic heterocycles. The van der Waals surface area contributed by atoms with Gasteiger partial charge in [-0.25, -0.2) is 9.59 Å². The van der Waals surface area contributed by atoms with Crippen molar-refractivity contribution in [1.29, 1.82) is 0 Å². The number of ether oxygens (including phenoxy) is 1. The van der Waals surface area contributed by atoms with Gasteiger partial charge in [-0.2, -0.15) is 0 Å². The van der Waals surface area contributed by atoms with Crippen LogP contribution in [0.25, 0.3) is 0 Å². The number of carbonyl (C=O) groups is 3. The third-order valence-electron chi connectivity index (χ3n) is 7.27. The van der Waals surface area contributed by atoms with Gasteiger partial charge >= 0.3 is 12.0 Å². The Kier molecular flexibility index (Phi) is 7.53. The van der Waals surface area contributed by atoms with E-state index in [1.165, 1.54) is 6.42 Å². The summed E-state index contributed by atoms with van der Waals surface area (Å²) in [7, 11) is 0. The zero-order valence-electron chi connectivity index (χ0n) is 19.8. The molecule has 1 aromatic carbocycles. The molecule has 3 aliphatic rings. The third-order valence-corrected chi connectivity index (χ3v) is 7.27. The topological polar surface area (TPSA) is 117 Å². The highest BCUT2D eigenvalue weighted by Gasteiger charge is 2.45. The maximum Gasteiger partial charge on any atom is 0.338 e. The first-order valence-corrected chi connectivity index (χ1v) is 12.2. The van der Waals surface area contributed by atoms with Gasteiger partial charge in [-0.3, -0.25) is 14.6 Å². The molecule has 184 valence electrons. The van der Waals surface area contributed by atoms with Crippen molar-refractivity contribution < 1.29 is 19.1 Å². The number of benzene rings is 1. The maximum absolute atomic E-state index is 13.0. The number of rotatable bonds is 7. The molecule has 9 nitrogen and oxygen atoms in total. The molecule has 2 saturated heterocycles. The molecule has 0 bridgehead atoms. The highest BCUT2D eigenvalue weighted by atomic mass is 16.5. The van der Waals surface area contributed by atoms with Crippen LogP contribution in [0.4, 0.5) is 4.79 Å². The Bertz CT molecular complexity index is 934. The van der Waals surface area contributed by atoms with Gasteiger partial charge in [-0.1, -0.05) is 36.8 Å². The van der Waals surface area contributed by atoms with E-state index >= 15 is 0 Å². The normalized spacial score (nSPS) is 23.7. The molecule has 0 saturated carbocycles. The molecule has 2 fully saturated rings. The number of nitrogens with zero attached hydrogens (tertiary/aromatic N) is 2. The Hall–Kier alpha value is -2.91. The van der Waals surface area contributed by atoms with Crippen LogP contribution in [0, 0.1) is 0 Å². The maximum atomic E-state index is 13.0. The fourth-order valence-corrected chi connectivity index (χ4v) is 5.43. The van der Waals surface area contributed by atoms with Gasteiger partial charge in [-0.05, 0) is 51.3 Å². The van der Waals surface area contributed by atoms with Gasteiger partial charge in [0.1, 0.15) is 5.54 Å². The van der Waals surface area contributed by atoms with Crippen LogP contribution in [-0.2, 0) is 14.3 Å². The molecular weight excluding hydrogens is 434 g/mol. The van der Waals surface area contributed by atoms with Crippen molar-refractivity contribution in [2.24, 2.45) is 5.73 Å². The predicted octanol–water partition coefficient (Wildman–Crippen LogP) is 1.66. The van der Waals surface area contributed by atoms with Gasteiger partial charge in [0.15, 0.2) is 0 Å². The Labute approximate surface area is 200 Å². The van der Waals surface area contributed by atoms with E-state index < -0.39 is 17.6 Å². The molecule has 0 radical (unpaired) electrons. The van der Waals surface area contributed by atoms with E-state index in [1.54, 1.807) is 6.92 Å². The number of amides is 3. The highest BCUT2D eigenvalue weighted by molar-refractivity contribution is 5.95. The molecule has 9 heteroatoms. The van der Waals surface area contributed by atoms with Crippen molar-refractivity contribution in [1.82, 2.24) is 20.4 Å². The summed E-state index contributed by atoms with van der Waals surface area (Å²) in [6.07, 6.45) is 4.65. The predicted molar refractivity (Wildman–Crippen MR) is 128 cm³/mol. The standard InChI is InChI=1S/C25H35N5O4/c1-2-34-22(31)20-19(27-24(33)28-21(20)18-9-5-3-6-10-18)17-29-15-11-25(12-16-29,23(26)32)30-13-7-4-8-14-30/h3,5-6,9-10,21H,2,4,7-8,11-17H2,1H3,(H2,26,32)(H2,27,28,33)/t21-/m0/s1. The number of nitrogens with one attached hydrogen (secondary N) is 2. The van der Waals surface area contributed by atoms with Crippen molar-refractivity contribution in [2.45, 2.75) is 50.6 Å². The summed E-state index contributed by atoms with van der Waals surface area (Å²) in [5, 5.41) is 5.71. The van der Waals surface area contributed by atoms with Crippen molar-refractivity contribution >= 4 is 17.9 Å². The molecular formula is C25H35N5O4. The fraction of sp³-hybridized carbons (Fsp3) is 0.560. The second-order valence-electron chi connectivity index (χ2n) is 9.27. The van der Waals surface area contributed by atoms with Crippen LogP contribution in [0.5, 0.6) is 0 Å². The third kappa shape index (κ3) is 4.95. The van der Waals surface area contributed by atoms with Crippen molar-refractivity contribution in [3.8, 4) is 0 Å². The first-order valence-electron chi connectivity index (χ1n) is 12.2. The van der Waals surface area contributed by atoms with Crippen LogP contribution in [0.15, 0.2) is 41.6 Å². The molecule has 1 aromatic rings. The summed E-state index contributed by atoms with van der Waals surface area (Å²) < 4.78 is 5.36. The van der Waals surface area contributed by atoms with E-state index in [9.17, 15) is 14.4 Å². The Morgan fingerprint density at radius 3 is 2.38 bits per heavy atom. The van der Waals surface area contributed by atoms with E-state index in [1.807, 2.05) is 30.3 Å². The van der Waals surface area contributed by atoms with E-state index in [0.717, 1.165) is 31.5 Å². The number of nitrogens with two attached hydrogens (primary N) is 1. The smallest absolute Gasteiger partial charge is 0.338 e. The van der Waals surface area contributed by atoms with Gasteiger partial charge in [0, 0.05) is 25.3 Å². The van der Waals surface area contributed by atoms with E-state index in [4.69, 9.17) is 10.5 Å². The van der Waals surface area contributed by atoms with Gasteiger partial charge in [0.25, 0.3) is 0 Å². The number of hydrogen-bond acceptors (Lipinski definition) is 6. The number of urea groups is 1. The van der Waals surface area contributed by atoms with Crippen LogP contribution < -0.4 is 16.4 Å². The van der Waals surface area contributed by atoms with E-state index in [0.29, 0.717) is 43.7 Å². The number of carbonyl (C=O) groups excluding carboxylic acids is 3. The quantitative estimate of drug-likeness (QED) is 0.523. The summed E-state index contributed by atoms with van der Waals surface area (Å²) in [5.41, 5.74) is 7.08. The molecule has 3 aliphatic heterocycles.